The first kappa shape index (κ1) is 20.6. The largest absolute Gasteiger partial charge is 0.335 e. The Labute approximate surface area is 173 Å². The lowest BCUT2D eigenvalue weighted by molar-refractivity contribution is 0.0702. The molecule has 2 heterocycles. The van der Waals surface area contributed by atoms with Gasteiger partial charge in [0.25, 0.3) is 5.91 Å². The topological polar surface area (TPSA) is 57.7 Å². The van der Waals surface area contributed by atoms with Crippen LogP contribution in [0.5, 0.6) is 0 Å². The summed E-state index contributed by atoms with van der Waals surface area (Å²) in [4.78, 5) is 16.2. The highest BCUT2D eigenvalue weighted by Gasteiger charge is 2.33. The number of carbonyl (C=O) groups is 1. The standard InChI is InChI=1S/C18H20Cl2N2O3S2/c1-3-13-11-16(26-12(13)2)18(23)21-7-9-22(10-8-21)27(24,25)17-14(19)5-4-6-15(17)20/h4-6,11H,3,7-10H2,1-2H3. The maximum Gasteiger partial charge on any atom is 0.264 e. The van der Waals surface area contributed by atoms with Crippen molar-refractivity contribution < 1.29 is 13.2 Å². The van der Waals surface area contributed by atoms with Crippen LogP contribution in [0.25, 0.3) is 0 Å². The van der Waals surface area contributed by atoms with Gasteiger partial charge in [-0.3, -0.25) is 4.79 Å². The molecule has 1 amide bonds. The lowest BCUT2D eigenvalue weighted by atomic mass is 10.2. The zero-order chi connectivity index (χ0) is 19.8. The fourth-order valence-electron chi connectivity index (χ4n) is 3.12. The van der Waals surface area contributed by atoms with Crippen LogP contribution in [0.1, 0.15) is 27.0 Å². The zero-order valence-electron chi connectivity index (χ0n) is 15.0. The maximum absolute atomic E-state index is 12.9. The van der Waals surface area contributed by atoms with Crippen LogP contribution in [-0.2, 0) is 16.4 Å². The SMILES string of the molecule is CCc1cc(C(=O)N2CCN(S(=O)(=O)c3c(Cl)cccc3Cl)CC2)sc1C. The van der Waals surface area contributed by atoms with Crippen molar-refractivity contribution in [1.82, 2.24) is 9.21 Å². The molecule has 0 bridgehead atoms. The van der Waals surface area contributed by atoms with Gasteiger partial charge in [0.1, 0.15) is 4.90 Å². The number of aryl methyl sites for hydroxylation is 2. The number of halogens is 2. The van der Waals surface area contributed by atoms with Crippen LogP contribution in [0.4, 0.5) is 0 Å². The number of benzene rings is 1. The summed E-state index contributed by atoms with van der Waals surface area (Å²) in [6, 6.07) is 6.55. The van der Waals surface area contributed by atoms with Gasteiger partial charge >= 0.3 is 0 Å². The molecule has 146 valence electrons. The van der Waals surface area contributed by atoms with Crippen molar-refractivity contribution in [3.63, 3.8) is 0 Å². The second-order valence-electron chi connectivity index (χ2n) is 6.29. The summed E-state index contributed by atoms with van der Waals surface area (Å²) in [5, 5.41) is 0.198. The minimum Gasteiger partial charge on any atom is -0.335 e. The van der Waals surface area contributed by atoms with Gasteiger partial charge < -0.3 is 4.90 Å². The molecule has 0 atom stereocenters. The van der Waals surface area contributed by atoms with Gasteiger partial charge in [-0.2, -0.15) is 4.31 Å². The first-order chi connectivity index (χ1) is 12.8. The second-order valence-corrected chi connectivity index (χ2v) is 10.2. The molecule has 27 heavy (non-hydrogen) atoms. The molecule has 3 rings (SSSR count). The molecule has 0 saturated carbocycles. The molecule has 1 aliphatic rings. The van der Waals surface area contributed by atoms with E-state index in [-0.39, 0.29) is 33.9 Å². The summed E-state index contributed by atoms with van der Waals surface area (Å²) in [5.41, 5.74) is 1.18. The Morgan fingerprint density at radius 3 is 2.26 bits per heavy atom. The number of hydrogen-bond donors (Lipinski definition) is 0. The molecule has 0 radical (unpaired) electrons. The highest BCUT2D eigenvalue weighted by molar-refractivity contribution is 7.89. The van der Waals surface area contributed by atoms with Gasteiger partial charge in [-0.15, -0.1) is 11.3 Å². The monoisotopic (exact) mass is 446 g/mol. The third-order valence-electron chi connectivity index (χ3n) is 4.65. The molecule has 1 aromatic carbocycles. The zero-order valence-corrected chi connectivity index (χ0v) is 18.2. The predicted molar refractivity (Wildman–Crippen MR) is 110 cm³/mol. The molecule has 0 N–H and O–H groups in total. The van der Waals surface area contributed by atoms with E-state index in [0.717, 1.165) is 11.3 Å². The minimum absolute atomic E-state index is 0.0457. The number of rotatable bonds is 4. The Bertz CT molecular complexity index is 945. The third-order valence-corrected chi connectivity index (χ3v) is 8.59. The highest BCUT2D eigenvalue weighted by Crippen LogP contribution is 2.32. The van der Waals surface area contributed by atoms with Crippen LogP contribution >= 0.6 is 34.5 Å². The average molecular weight is 447 g/mol. The Balaban J connectivity index is 1.74. The molecule has 1 saturated heterocycles. The molecule has 9 heteroatoms. The summed E-state index contributed by atoms with van der Waals surface area (Å²) in [6.45, 7) is 5.16. The fourth-order valence-corrected chi connectivity index (χ4v) is 6.72. The Hall–Kier alpha value is -1.12. The lowest BCUT2D eigenvalue weighted by Crippen LogP contribution is -2.50. The Kier molecular flexibility index (Phi) is 6.17. The van der Waals surface area contributed by atoms with Crippen LogP contribution in [0.2, 0.25) is 10.0 Å². The molecule has 5 nitrogen and oxygen atoms in total. The molecule has 1 aromatic heterocycles. The van der Waals surface area contributed by atoms with Crippen molar-refractivity contribution in [2.75, 3.05) is 26.2 Å². The minimum atomic E-state index is -3.81. The number of amides is 1. The quantitative estimate of drug-likeness (QED) is 0.710. The van der Waals surface area contributed by atoms with Gasteiger partial charge in [0, 0.05) is 31.1 Å². The number of thiophene rings is 1. The maximum atomic E-state index is 12.9. The van der Waals surface area contributed by atoms with E-state index in [2.05, 4.69) is 6.92 Å². The first-order valence-electron chi connectivity index (χ1n) is 8.58. The van der Waals surface area contributed by atoms with E-state index in [4.69, 9.17) is 23.2 Å². The van der Waals surface area contributed by atoms with Crippen LogP contribution in [0.3, 0.4) is 0 Å². The summed E-state index contributed by atoms with van der Waals surface area (Å²) in [6.07, 6.45) is 0.889. The number of sulfonamides is 1. The van der Waals surface area contributed by atoms with Crippen molar-refractivity contribution in [3.05, 3.63) is 49.6 Å². The molecule has 1 fully saturated rings. The average Bonchev–Trinajstić information content (AvgIpc) is 3.01. The van der Waals surface area contributed by atoms with Crippen molar-refractivity contribution in [3.8, 4) is 0 Å². The van der Waals surface area contributed by atoms with Crippen molar-refractivity contribution in [1.29, 1.82) is 0 Å². The van der Waals surface area contributed by atoms with Crippen molar-refractivity contribution in [2.24, 2.45) is 0 Å². The van der Waals surface area contributed by atoms with E-state index in [1.165, 1.54) is 33.3 Å². The number of nitrogens with zero attached hydrogens (tertiary/aromatic N) is 2. The Morgan fingerprint density at radius 1 is 1.15 bits per heavy atom. The van der Waals surface area contributed by atoms with E-state index in [1.54, 1.807) is 11.0 Å². The molecule has 1 aliphatic heterocycles. The van der Waals surface area contributed by atoms with Gasteiger partial charge in [-0.1, -0.05) is 36.2 Å². The van der Waals surface area contributed by atoms with Gasteiger partial charge in [0.2, 0.25) is 10.0 Å². The van der Waals surface area contributed by atoms with E-state index >= 15 is 0 Å². The summed E-state index contributed by atoms with van der Waals surface area (Å²) >= 11 is 13.6. The van der Waals surface area contributed by atoms with Crippen LogP contribution < -0.4 is 0 Å². The van der Waals surface area contributed by atoms with Crippen molar-refractivity contribution in [2.45, 2.75) is 25.2 Å². The number of piperazine rings is 1. The van der Waals surface area contributed by atoms with Crippen LogP contribution in [0.15, 0.2) is 29.2 Å². The van der Waals surface area contributed by atoms with Gasteiger partial charge in [-0.25, -0.2) is 8.42 Å². The molecule has 0 spiro atoms. The molecule has 0 aliphatic carbocycles. The van der Waals surface area contributed by atoms with E-state index < -0.39 is 10.0 Å². The van der Waals surface area contributed by atoms with Crippen LogP contribution in [-0.4, -0.2) is 49.7 Å². The normalized spacial score (nSPS) is 15.9. The highest BCUT2D eigenvalue weighted by atomic mass is 35.5. The smallest absolute Gasteiger partial charge is 0.264 e. The molecular formula is C18H20Cl2N2O3S2. The van der Waals surface area contributed by atoms with Gasteiger partial charge in [0.05, 0.1) is 14.9 Å². The van der Waals surface area contributed by atoms with E-state index in [0.29, 0.717) is 18.0 Å². The van der Waals surface area contributed by atoms with E-state index in [1.807, 2.05) is 13.0 Å². The first-order valence-corrected chi connectivity index (χ1v) is 11.6. The second kappa shape index (κ2) is 8.09. The molecule has 2 aromatic rings. The third kappa shape index (κ3) is 4.03. The molecule has 0 unspecified atom stereocenters. The van der Waals surface area contributed by atoms with Crippen LogP contribution in [0, 0.1) is 6.92 Å². The number of hydrogen-bond acceptors (Lipinski definition) is 4. The van der Waals surface area contributed by atoms with Gasteiger partial charge in [-0.05, 0) is 37.1 Å². The Morgan fingerprint density at radius 2 is 1.74 bits per heavy atom. The lowest BCUT2D eigenvalue weighted by Gasteiger charge is -2.34. The summed E-state index contributed by atoms with van der Waals surface area (Å²) < 4.78 is 27.2. The predicted octanol–water partition coefficient (Wildman–Crippen LogP) is 4.07. The van der Waals surface area contributed by atoms with Gasteiger partial charge in [0.15, 0.2) is 0 Å². The van der Waals surface area contributed by atoms with Crippen molar-refractivity contribution >= 4 is 50.5 Å². The summed E-state index contributed by atoms with van der Waals surface area (Å²) in [5.74, 6) is -0.0457. The fraction of sp³-hybridized carbons (Fsp3) is 0.389. The number of carbonyl (C=O) groups excluding carboxylic acids is 1. The molecular weight excluding hydrogens is 427 g/mol. The summed E-state index contributed by atoms with van der Waals surface area (Å²) in [7, 11) is -3.81. The van der Waals surface area contributed by atoms with E-state index in [9.17, 15) is 13.2 Å².